The molecule has 7 rings (SSSR count). The molecule has 0 aliphatic carbocycles. The number of hydrogen-bond donors (Lipinski definition) is 2. The molecule has 0 radical (unpaired) electrons. The summed E-state index contributed by atoms with van der Waals surface area (Å²) in [6.45, 7) is 5.66. The molecule has 0 amide bonds. The van der Waals surface area contributed by atoms with Crippen molar-refractivity contribution in [1.82, 2.24) is 29.8 Å². The Hall–Kier alpha value is -3.83. The molecule has 3 N–H and O–H groups in total. The number of fused-ring (bicyclic) bond motifs is 2. The average molecular weight is 498 g/mol. The van der Waals surface area contributed by atoms with Gasteiger partial charge in [0.1, 0.15) is 17.5 Å². The highest BCUT2D eigenvalue weighted by molar-refractivity contribution is 6.19. The normalized spacial score (nSPS) is 22.6. The zero-order valence-corrected chi connectivity index (χ0v) is 21.2. The number of hydrazone groups is 1. The van der Waals surface area contributed by atoms with Gasteiger partial charge in [-0.1, -0.05) is 0 Å². The lowest BCUT2D eigenvalue weighted by Crippen LogP contribution is -2.56. The van der Waals surface area contributed by atoms with Gasteiger partial charge in [-0.05, 0) is 31.2 Å². The van der Waals surface area contributed by atoms with Crippen molar-refractivity contribution in [2.24, 2.45) is 21.7 Å². The topological polar surface area (TPSA) is 118 Å². The number of nitrogens with one attached hydrogen (secondary N) is 1. The molecule has 190 valence electrons. The van der Waals surface area contributed by atoms with E-state index in [1.807, 2.05) is 36.7 Å². The third-order valence-corrected chi connectivity index (χ3v) is 7.80. The number of aromatic nitrogens is 4. The number of hydrogen-bond acceptors (Lipinski definition) is 10. The number of aromatic amines is 1. The molecule has 3 aromatic heterocycles. The van der Waals surface area contributed by atoms with Crippen molar-refractivity contribution in [3.63, 3.8) is 0 Å². The van der Waals surface area contributed by atoms with Crippen molar-refractivity contribution in [3.8, 4) is 0 Å². The molecule has 1 unspecified atom stereocenters. The first-order valence-electron chi connectivity index (χ1n) is 12.9. The number of allylic oxidation sites excluding steroid dienone is 1. The fourth-order valence-corrected chi connectivity index (χ4v) is 5.63. The highest BCUT2D eigenvalue weighted by atomic mass is 15.5. The molecule has 2 fully saturated rings. The van der Waals surface area contributed by atoms with Gasteiger partial charge < -0.3 is 25.4 Å². The summed E-state index contributed by atoms with van der Waals surface area (Å²) in [5.74, 6) is 2.90. The van der Waals surface area contributed by atoms with Crippen LogP contribution in [-0.2, 0) is 0 Å². The van der Waals surface area contributed by atoms with Gasteiger partial charge in [-0.25, -0.2) is 15.0 Å². The number of nitrogens with zero attached hydrogens (tertiary/aromatic N) is 9. The van der Waals surface area contributed by atoms with Gasteiger partial charge in [0.25, 0.3) is 0 Å². The van der Waals surface area contributed by atoms with Gasteiger partial charge >= 0.3 is 0 Å². The molecule has 7 heterocycles. The van der Waals surface area contributed by atoms with E-state index in [4.69, 9.17) is 25.8 Å². The van der Waals surface area contributed by atoms with Crippen LogP contribution >= 0.6 is 0 Å². The first kappa shape index (κ1) is 22.4. The third-order valence-electron chi connectivity index (χ3n) is 7.80. The van der Waals surface area contributed by atoms with E-state index in [0.717, 1.165) is 96.7 Å². The SMILES string of the molecule is CN1CCN(c2nccc3[nH]c(C4=NN(C)C5=NC=C(c6cncc(N7CC(N)C7)n6)CC45)cc23)CC1. The van der Waals surface area contributed by atoms with E-state index in [-0.39, 0.29) is 12.0 Å². The zero-order chi connectivity index (χ0) is 25.1. The smallest absolute Gasteiger partial charge is 0.147 e. The summed E-state index contributed by atoms with van der Waals surface area (Å²) >= 11 is 0. The quantitative estimate of drug-likeness (QED) is 0.555. The van der Waals surface area contributed by atoms with Crippen LogP contribution in [0.1, 0.15) is 17.8 Å². The molecule has 0 saturated carbocycles. The minimum atomic E-state index is 0.0426. The molecule has 0 bridgehead atoms. The predicted molar refractivity (Wildman–Crippen MR) is 146 cm³/mol. The lowest BCUT2D eigenvalue weighted by atomic mass is 9.90. The maximum Gasteiger partial charge on any atom is 0.147 e. The van der Waals surface area contributed by atoms with Crippen LogP contribution in [-0.4, -0.2) is 101 Å². The maximum absolute atomic E-state index is 5.97. The zero-order valence-electron chi connectivity index (χ0n) is 21.2. The Morgan fingerprint density at radius 2 is 1.89 bits per heavy atom. The van der Waals surface area contributed by atoms with E-state index in [1.165, 1.54) is 0 Å². The van der Waals surface area contributed by atoms with E-state index in [2.05, 4.69) is 37.8 Å². The number of rotatable bonds is 4. The Morgan fingerprint density at radius 3 is 2.70 bits per heavy atom. The highest BCUT2D eigenvalue weighted by Crippen LogP contribution is 2.35. The van der Waals surface area contributed by atoms with Gasteiger partial charge in [0.05, 0.1) is 40.9 Å². The van der Waals surface area contributed by atoms with Crippen molar-refractivity contribution < 1.29 is 0 Å². The van der Waals surface area contributed by atoms with E-state index in [1.54, 1.807) is 6.20 Å². The van der Waals surface area contributed by atoms with E-state index in [9.17, 15) is 0 Å². The van der Waals surface area contributed by atoms with Gasteiger partial charge in [0.15, 0.2) is 0 Å². The lowest BCUT2D eigenvalue weighted by molar-refractivity contribution is 0.312. The molecule has 2 saturated heterocycles. The molecule has 11 heteroatoms. The lowest BCUT2D eigenvalue weighted by Gasteiger charge is -2.37. The van der Waals surface area contributed by atoms with Crippen LogP contribution in [0.2, 0.25) is 0 Å². The molecule has 3 aromatic rings. The molecule has 11 nitrogen and oxygen atoms in total. The first-order chi connectivity index (χ1) is 18.0. The van der Waals surface area contributed by atoms with E-state index < -0.39 is 0 Å². The molecular formula is C26H31N11. The fourth-order valence-electron chi connectivity index (χ4n) is 5.63. The Morgan fingerprint density at radius 1 is 1.05 bits per heavy atom. The van der Waals surface area contributed by atoms with Crippen molar-refractivity contribution in [1.29, 1.82) is 0 Å². The molecule has 37 heavy (non-hydrogen) atoms. The van der Waals surface area contributed by atoms with Gasteiger partial charge in [0, 0.05) is 70.1 Å². The van der Waals surface area contributed by atoms with Crippen molar-refractivity contribution in [3.05, 3.63) is 48.3 Å². The Balaban J connectivity index is 1.18. The van der Waals surface area contributed by atoms with Crippen LogP contribution in [0.25, 0.3) is 16.5 Å². The summed E-state index contributed by atoms with van der Waals surface area (Å²) in [6.07, 6.45) is 8.20. The van der Waals surface area contributed by atoms with Gasteiger partial charge in [-0.3, -0.25) is 9.99 Å². The second-order valence-electron chi connectivity index (χ2n) is 10.4. The fraction of sp³-hybridized carbons (Fsp3) is 0.423. The molecule has 1 atom stereocenters. The summed E-state index contributed by atoms with van der Waals surface area (Å²) in [6, 6.07) is 4.46. The monoisotopic (exact) mass is 497 g/mol. The first-order valence-corrected chi connectivity index (χ1v) is 12.9. The number of H-pyrrole nitrogens is 1. The maximum atomic E-state index is 5.97. The second-order valence-corrected chi connectivity index (χ2v) is 10.4. The van der Waals surface area contributed by atoms with Gasteiger partial charge in [-0.15, -0.1) is 0 Å². The molecule has 0 aromatic carbocycles. The van der Waals surface area contributed by atoms with Crippen LogP contribution in [0.15, 0.2) is 47.0 Å². The van der Waals surface area contributed by atoms with Crippen molar-refractivity contribution in [2.75, 3.05) is 63.2 Å². The average Bonchev–Trinajstić information content (AvgIpc) is 3.48. The van der Waals surface area contributed by atoms with Crippen molar-refractivity contribution in [2.45, 2.75) is 12.5 Å². The number of anilines is 2. The number of piperazine rings is 1. The summed E-state index contributed by atoms with van der Waals surface area (Å²) in [5, 5.41) is 7.94. The number of aliphatic imine (C=N–C) groups is 1. The van der Waals surface area contributed by atoms with Crippen LogP contribution in [0, 0.1) is 5.92 Å². The van der Waals surface area contributed by atoms with Crippen LogP contribution < -0.4 is 15.5 Å². The molecule has 0 spiro atoms. The molecular weight excluding hydrogens is 466 g/mol. The number of pyridine rings is 1. The van der Waals surface area contributed by atoms with Crippen LogP contribution in [0.4, 0.5) is 11.6 Å². The van der Waals surface area contributed by atoms with Gasteiger partial charge in [-0.2, -0.15) is 5.10 Å². The van der Waals surface area contributed by atoms with Crippen molar-refractivity contribution >= 4 is 39.7 Å². The van der Waals surface area contributed by atoms with Crippen LogP contribution in [0.3, 0.4) is 0 Å². The van der Waals surface area contributed by atoms with E-state index in [0.29, 0.717) is 0 Å². The summed E-state index contributed by atoms with van der Waals surface area (Å²) in [5.41, 5.74) is 11.0. The Labute approximate surface area is 215 Å². The van der Waals surface area contributed by atoms with E-state index >= 15 is 0 Å². The molecule has 4 aliphatic rings. The Bertz CT molecular complexity index is 1440. The minimum Gasteiger partial charge on any atom is -0.353 e. The number of amidine groups is 1. The third kappa shape index (κ3) is 3.85. The highest BCUT2D eigenvalue weighted by Gasteiger charge is 2.37. The second kappa shape index (κ2) is 8.63. The summed E-state index contributed by atoms with van der Waals surface area (Å²) < 4.78 is 0. The number of nitrogens with two attached hydrogens (primary N) is 1. The standard InChI is InChI=1S/C26H31N11/c1-34-5-7-36(8-6-34)26-18-10-21(31-20(18)3-4-29-26)24-19-9-16(11-30-25(19)35(2)33-24)22-12-28-13-23(32-22)37-14-17(27)15-37/h3-4,10-13,17,19,31H,5-9,14-15,27H2,1-2H3. The van der Waals surface area contributed by atoms with Gasteiger partial charge in [0.2, 0.25) is 0 Å². The predicted octanol–water partition coefficient (Wildman–Crippen LogP) is 1.36. The molecule has 4 aliphatic heterocycles. The Kier molecular flexibility index (Phi) is 5.22. The number of likely N-dealkylation sites (N-methyl/N-ethyl adjacent to an activating group) is 1. The minimum absolute atomic E-state index is 0.0426. The largest absolute Gasteiger partial charge is 0.353 e. The summed E-state index contributed by atoms with van der Waals surface area (Å²) in [4.78, 5) is 29.4. The van der Waals surface area contributed by atoms with Crippen LogP contribution in [0.5, 0.6) is 0 Å². The summed E-state index contributed by atoms with van der Waals surface area (Å²) in [7, 11) is 4.13.